The summed E-state index contributed by atoms with van der Waals surface area (Å²) in [5.41, 5.74) is 7.03. The molecule has 3 nitrogen and oxygen atoms in total. The Hall–Kier alpha value is -2.07. The van der Waals surface area contributed by atoms with E-state index in [-0.39, 0.29) is 12.1 Å². The largest absolute Gasteiger partial charge is 0.399 e. The lowest BCUT2D eigenvalue weighted by Gasteiger charge is -2.09. The van der Waals surface area contributed by atoms with Crippen molar-refractivity contribution in [3.63, 3.8) is 0 Å². The van der Waals surface area contributed by atoms with Gasteiger partial charge in [-0.05, 0) is 36.2 Å². The number of nitrogen functional groups attached to an aromatic ring is 1. The Balaban J connectivity index is 2.15. The second kappa shape index (κ2) is 5.92. The molecule has 20 heavy (non-hydrogen) atoms. The number of carbonyl (C=O) groups excluding carboxylic acids is 1. The smallest absolute Gasteiger partial charge is 0.254 e. The van der Waals surface area contributed by atoms with Gasteiger partial charge in [0.1, 0.15) is 5.82 Å². The van der Waals surface area contributed by atoms with Crippen molar-refractivity contribution in [2.75, 3.05) is 5.73 Å². The number of rotatable bonds is 3. The molecule has 0 radical (unpaired) electrons. The Bertz CT molecular complexity index is 658. The van der Waals surface area contributed by atoms with Gasteiger partial charge in [-0.25, -0.2) is 4.39 Å². The van der Waals surface area contributed by atoms with E-state index in [9.17, 15) is 9.18 Å². The predicted octanol–water partition coefficient (Wildman–Crippen LogP) is 3.30. The van der Waals surface area contributed by atoms with E-state index in [0.29, 0.717) is 16.3 Å². The van der Waals surface area contributed by atoms with Crippen LogP contribution < -0.4 is 11.1 Å². The average molecular weight is 293 g/mol. The van der Waals surface area contributed by atoms with Crippen LogP contribution in [-0.2, 0) is 6.54 Å². The highest BCUT2D eigenvalue weighted by molar-refractivity contribution is 6.31. The summed E-state index contributed by atoms with van der Waals surface area (Å²) in [6.07, 6.45) is 0. The van der Waals surface area contributed by atoms with Crippen molar-refractivity contribution in [3.8, 4) is 0 Å². The number of amides is 1. The molecule has 2 rings (SSSR count). The SMILES string of the molecule is Cc1cc(N)cc(C(=O)NCc2ccccc2Cl)c1F. The molecule has 0 aliphatic heterocycles. The van der Waals surface area contributed by atoms with Gasteiger partial charge in [0, 0.05) is 17.3 Å². The Morgan fingerprint density at radius 1 is 1.35 bits per heavy atom. The second-order valence-corrected chi connectivity index (χ2v) is 4.88. The van der Waals surface area contributed by atoms with Crippen molar-refractivity contribution in [2.45, 2.75) is 13.5 Å². The van der Waals surface area contributed by atoms with Gasteiger partial charge in [-0.1, -0.05) is 29.8 Å². The molecule has 0 saturated heterocycles. The van der Waals surface area contributed by atoms with E-state index in [1.165, 1.54) is 12.1 Å². The van der Waals surface area contributed by atoms with Crippen LogP contribution in [0.4, 0.5) is 10.1 Å². The van der Waals surface area contributed by atoms with Gasteiger partial charge >= 0.3 is 0 Å². The summed E-state index contributed by atoms with van der Waals surface area (Å²) in [6, 6.07) is 9.95. The first-order valence-electron chi connectivity index (χ1n) is 6.06. The van der Waals surface area contributed by atoms with Crippen LogP contribution in [0.3, 0.4) is 0 Å². The van der Waals surface area contributed by atoms with Crippen LogP contribution in [0.5, 0.6) is 0 Å². The minimum atomic E-state index is -0.559. The highest BCUT2D eigenvalue weighted by Crippen LogP contribution is 2.18. The standard InChI is InChI=1S/C15H14ClFN2O/c1-9-6-11(18)7-12(14(9)17)15(20)19-8-10-4-2-3-5-13(10)16/h2-7H,8,18H2,1H3,(H,19,20). The Kier molecular flexibility index (Phi) is 4.25. The average Bonchev–Trinajstić information content (AvgIpc) is 2.41. The summed E-state index contributed by atoms with van der Waals surface area (Å²) in [6.45, 7) is 1.79. The van der Waals surface area contributed by atoms with Crippen LogP contribution in [0.2, 0.25) is 5.02 Å². The normalized spacial score (nSPS) is 10.3. The molecule has 3 N–H and O–H groups in total. The molecule has 0 atom stereocenters. The van der Waals surface area contributed by atoms with Gasteiger partial charge in [-0.15, -0.1) is 0 Å². The third-order valence-electron chi connectivity index (χ3n) is 2.92. The first kappa shape index (κ1) is 14.3. The molecule has 0 saturated carbocycles. The van der Waals surface area contributed by atoms with Gasteiger partial charge in [-0.3, -0.25) is 4.79 Å². The van der Waals surface area contributed by atoms with Gasteiger partial charge in [0.25, 0.3) is 5.91 Å². The van der Waals surface area contributed by atoms with E-state index < -0.39 is 11.7 Å². The first-order chi connectivity index (χ1) is 9.49. The van der Waals surface area contributed by atoms with Crippen molar-refractivity contribution in [1.82, 2.24) is 5.32 Å². The highest BCUT2D eigenvalue weighted by Gasteiger charge is 2.14. The van der Waals surface area contributed by atoms with Gasteiger partial charge in [0.2, 0.25) is 0 Å². The zero-order valence-corrected chi connectivity index (χ0v) is 11.7. The number of benzene rings is 2. The molecule has 2 aromatic carbocycles. The zero-order chi connectivity index (χ0) is 14.7. The van der Waals surface area contributed by atoms with E-state index in [1.807, 2.05) is 6.07 Å². The van der Waals surface area contributed by atoms with Crippen LogP contribution in [0.1, 0.15) is 21.5 Å². The summed E-state index contributed by atoms with van der Waals surface area (Å²) in [4.78, 5) is 12.0. The molecule has 0 aliphatic carbocycles. The van der Waals surface area contributed by atoms with E-state index in [0.717, 1.165) is 5.56 Å². The maximum absolute atomic E-state index is 13.9. The quantitative estimate of drug-likeness (QED) is 0.853. The fraction of sp³-hybridized carbons (Fsp3) is 0.133. The lowest BCUT2D eigenvalue weighted by molar-refractivity contribution is 0.0946. The molecular formula is C15H14ClFN2O. The number of halogens is 2. The van der Waals surface area contributed by atoms with Crippen molar-refractivity contribution in [1.29, 1.82) is 0 Å². The van der Waals surface area contributed by atoms with Gasteiger partial charge in [0.05, 0.1) is 5.56 Å². The monoisotopic (exact) mass is 292 g/mol. The van der Waals surface area contributed by atoms with Crippen molar-refractivity contribution >= 4 is 23.2 Å². The molecule has 5 heteroatoms. The zero-order valence-electron chi connectivity index (χ0n) is 10.9. The molecule has 2 aromatic rings. The van der Waals surface area contributed by atoms with E-state index in [1.54, 1.807) is 25.1 Å². The van der Waals surface area contributed by atoms with Crippen molar-refractivity contribution in [3.05, 3.63) is 63.9 Å². The molecule has 0 bridgehead atoms. The summed E-state index contributed by atoms with van der Waals surface area (Å²) < 4.78 is 13.9. The van der Waals surface area contributed by atoms with E-state index in [2.05, 4.69) is 5.32 Å². The van der Waals surface area contributed by atoms with Crippen LogP contribution in [-0.4, -0.2) is 5.91 Å². The van der Waals surface area contributed by atoms with Crippen molar-refractivity contribution in [2.24, 2.45) is 0 Å². The third kappa shape index (κ3) is 3.08. The molecule has 0 fully saturated rings. The minimum absolute atomic E-state index is 0.0606. The van der Waals surface area contributed by atoms with E-state index in [4.69, 9.17) is 17.3 Å². The van der Waals surface area contributed by atoms with Crippen LogP contribution in [0.15, 0.2) is 36.4 Å². The molecule has 0 aliphatic rings. The predicted molar refractivity (Wildman–Crippen MR) is 78.2 cm³/mol. The van der Waals surface area contributed by atoms with Crippen LogP contribution in [0.25, 0.3) is 0 Å². The van der Waals surface area contributed by atoms with E-state index >= 15 is 0 Å². The summed E-state index contributed by atoms with van der Waals surface area (Å²) in [5, 5.41) is 3.19. The number of anilines is 1. The first-order valence-corrected chi connectivity index (χ1v) is 6.44. The van der Waals surface area contributed by atoms with Crippen LogP contribution >= 0.6 is 11.6 Å². The summed E-state index contributed by atoms with van der Waals surface area (Å²) in [5.74, 6) is -1.08. The molecule has 0 aromatic heterocycles. The number of nitrogens with one attached hydrogen (secondary N) is 1. The Labute approximate surface area is 121 Å². The van der Waals surface area contributed by atoms with Gasteiger partial charge in [0.15, 0.2) is 0 Å². The van der Waals surface area contributed by atoms with Crippen molar-refractivity contribution < 1.29 is 9.18 Å². The lowest BCUT2D eigenvalue weighted by atomic mass is 10.1. The number of nitrogens with two attached hydrogens (primary N) is 1. The van der Waals surface area contributed by atoms with Crippen LogP contribution in [0, 0.1) is 12.7 Å². The molecule has 0 heterocycles. The molecule has 0 unspecified atom stereocenters. The fourth-order valence-electron chi connectivity index (χ4n) is 1.88. The Morgan fingerprint density at radius 3 is 2.75 bits per heavy atom. The van der Waals surface area contributed by atoms with Gasteiger partial charge < -0.3 is 11.1 Å². The minimum Gasteiger partial charge on any atom is -0.399 e. The number of carbonyl (C=O) groups is 1. The molecule has 104 valence electrons. The van der Waals surface area contributed by atoms with Gasteiger partial charge in [-0.2, -0.15) is 0 Å². The number of aryl methyl sites for hydroxylation is 1. The number of hydrogen-bond acceptors (Lipinski definition) is 2. The Morgan fingerprint density at radius 2 is 2.05 bits per heavy atom. The number of hydrogen-bond donors (Lipinski definition) is 2. The second-order valence-electron chi connectivity index (χ2n) is 4.47. The maximum atomic E-state index is 13.9. The maximum Gasteiger partial charge on any atom is 0.254 e. The topological polar surface area (TPSA) is 55.1 Å². The third-order valence-corrected chi connectivity index (χ3v) is 3.29. The fourth-order valence-corrected chi connectivity index (χ4v) is 2.08. The highest BCUT2D eigenvalue weighted by atomic mass is 35.5. The summed E-state index contributed by atoms with van der Waals surface area (Å²) in [7, 11) is 0. The molecule has 0 spiro atoms. The summed E-state index contributed by atoms with van der Waals surface area (Å²) >= 11 is 5.99. The molecule has 1 amide bonds. The lowest BCUT2D eigenvalue weighted by Crippen LogP contribution is -2.24. The molecular weight excluding hydrogens is 279 g/mol.